The van der Waals surface area contributed by atoms with E-state index in [2.05, 4.69) is 15.0 Å². The molecular weight excluding hydrogens is 283 g/mol. The predicted octanol–water partition coefficient (Wildman–Crippen LogP) is 3.27. The Morgan fingerprint density at radius 1 is 1.21 bits per heavy atom. The fraction of sp³-hybridized carbons (Fsp3) is 0.154. The average molecular weight is 293 g/mol. The summed E-state index contributed by atoms with van der Waals surface area (Å²) < 4.78 is 1.99. The van der Waals surface area contributed by atoms with Crippen molar-refractivity contribution in [1.82, 2.24) is 19.5 Å². The number of imidazole rings is 1. The van der Waals surface area contributed by atoms with Crippen LogP contribution in [-0.2, 0) is 12.4 Å². The Kier molecular flexibility index (Phi) is 3.36. The van der Waals surface area contributed by atoms with Gasteiger partial charge in [-0.05, 0) is 18.2 Å². The van der Waals surface area contributed by atoms with Crippen LogP contribution in [0.4, 0.5) is 0 Å². The van der Waals surface area contributed by atoms with Crippen molar-refractivity contribution in [1.29, 1.82) is 0 Å². The molecule has 0 radical (unpaired) electrons. The minimum absolute atomic E-state index is 0.329. The molecule has 19 heavy (non-hydrogen) atoms. The third-order valence-electron chi connectivity index (χ3n) is 2.88. The average Bonchev–Trinajstić information content (AvgIpc) is 2.79. The van der Waals surface area contributed by atoms with Gasteiger partial charge in [-0.1, -0.05) is 17.7 Å². The van der Waals surface area contributed by atoms with E-state index in [4.69, 9.17) is 23.2 Å². The number of hydrogen-bond donors (Lipinski definition) is 0. The number of para-hydroxylation sites is 1. The second-order valence-electron chi connectivity index (χ2n) is 4.06. The second-order valence-corrected chi connectivity index (χ2v) is 4.73. The van der Waals surface area contributed by atoms with E-state index in [1.54, 1.807) is 6.20 Å². The molecule has 0 unspecified atom stereocenters. The Labute approximate surface area is 120 Å². The van der Waals surface area contributed by atoms with E-state index >= 15 is 0 Å². The highest BCUT2D eigenvalue weighted by Gasteiger charge is 2.13. The summed E-state index contributed by atoms with van der Waals surface area (Å²) in [5, 5.41) is 0.662. The molecule has 3 rings (SSSR count). The van der Waals surface area contributed by atoms with Crippen LogP contribution in [0.3, 0.4) is 0 Å². The van der Waals surface area contributed by atoms with Crippen molar-refractivity contribution in [3.05, 3.63) is 53.3 Å². The maximum atomic E-state index is 6.26. The van der Waals surface area contributed by atoms with E-state index in [-0.39, 0.29) is 0 Å². The van der Waals surface area contributed by atoms with Gasteiger partial charge in [-0.25, -0.2) is 15.0 Å². The third-order valence-corrected chi connectivity index (χ3v) is 3.42. The van der Waals surface area contributed by atoms with Crippen LogP contribution in [0.25, 0.3) is 11.0 Å². The summed E-state index contributed by atoms with van der Waals surface area (Å²) >= 11 is 12.2. The summed E-state index contributed by atoms with van der Waals surface area (Å²) in [6.45, 7) is 0.574. The molecule has 2 heterocycles. The third kappa shape index (κ3) is 2.29. The molecule has 3 aromatic rings. The first kappa shape index (κ1) is 12.4. The fourth-order valence-electron chi connectivity index (χ4n) is 2.04. The molecule has 6 heteroatoms. The highest BCUT2D eigenvalue weighted by Crippen LogP contribution is 2.25. The maximum Gasteiger partial charge on any atom is 0.125 e. The van der Waals surface area contributed by atoms with Gasteiger partial charge in [0, 0.05) is 6.20 Å². The topological polar surface area (TPSA) is 43.6 Å². The van der Waals surface area contributed by atoms with Gasteiger partial charge >= 0.3 is 0 Å². The lowest BCUT2D eigenvalue weighted by Crippen LogP contribution is -2.05. The van der Waals surface area contributed by atoms with Crippen molar-refractivity contribution in [3.8, 4) is 0 Å². The van der Waals surface area contributed by atoms with Crippen molar-refractivity contribution in [2.75, 3.05) is 0 Å². The van der Waals surface area contributed by atoms with Gasteiger partial charge in [0.2, 0.25) is 0 Å². The molecule has 1 aromatic carbocycles. The number of alkyl halides is 1. The number of halogens is 2. The largest absolute Gasteiger partial charge is 0.320 e. The normalized spacial score (nSPS) is 11.1. The first-order valence-corrected chi connectivity index (χ1v) is 6.65. The SMILES string of the molecule is ClCc1nc2cccc(Cl)c2n1Cc1ccncn1. The summed E-state index contributed by atoms with van der Waals surface area (Å²) in [5.41, 5.74) is 2.62. The lowest BCUT2D eigenvalue weighted by atomic mass is 10.3. The smallest absolute Gasteiger partial charge is 0.125 e. The molecule has 0 amide bonds. The number of nitrogens with zero attached hydrogens (tertiary/aromatic N) is 4. The molecular formula is C13H10Cl2N4. The molecule has 4 nitrogen and oxygen atoms in total. The number of benzene rings is 1. The maximum absolute atomic E-state index is 6.26. The van der Waals surface area contributed by atoms with Crippen LogP contribution in [0.1, 0.15) is 11.5 Å². The Hall–Kier alpha value is -1.65. The monoisotopic (exact) mass is 292 g/mol. The molecule has 0 aliphatic carbocycles. The summed E-state index contributed by atoms with van der Waals surface area (Å²) in [6.07, 6.45) is 3.24. The van der Waals surface area contributed by atoms with Crippen LogP contribution in [-0.4, -0.2) is 19.5 Å². The van der Waals surface area contributed by atoms with Crippen LogP contribution in [0, 0.1) is 0 Å². The van der Waals surface area contributed by atoms with E-state index in [0.29, 0.717) is 17.4 Å². The summed E-state index contributed by atoms with van der Waals surface area (Å²) in [4.78, 5) is 12.6. The molecule has 0 saturated heterocycles. The van der Waals surface area contributed by atoms with Crippen LogP contribution < -0.4 is 0 Å². The van der Waals surface area contributed by atoms with Crippen molar-refractivity contribution in [2.24, 2.45) is 0 Å². The molecule has 0 aliphatic rings. The van der Waals surface area contributed by atoms with E-state index in [1.165, 1.54) is 6.33 Å². The van der Waals surface area contributed by atoms with Crippen molar-refractivity contribution >= 4 is 34.2 Å². The lowest BCUT2D eigenvalue weighted by molar-refractivity contribution is 0.754. The highest BCUT2D eigenvalue weighted by atomic mass is 35.5. The van der Waals surface area contributed by atoms with Gasteiger partial charge in [-0.15, -0.1) is 11.6 Å². The number of aromatic nitrogens is 4. The number of hydrogen-bond acceptors (Lipinski definition) is 3. The number of rotatable bonds is 3. The van der Waals surface area contributed by atoms with Crippen LogP contribution >= 0.6 is 23.2 Å². The standard InChI is InChI=1S/C13H10Cl2N4/c14-6-12-18-11-3-1-2-10(15)13(11)19(12)7-9-4-5-16-8-17-9/h1-5,8H,6-7H2. The lowest BCUT2D eigenvalue weighted by Gasteiger charge is -2.07. The number of fused-ring (bicyclic) bond motifs is 1. The summed E-state index contributed by atoms with van der Waals surface area (Å²) in [5.74, 6) is 1.11. The molecule has 0 spiro atoms. The molecule has 0 fully saturated rings. The van der Waals surface area contributed by atoms with Crippen molar-refractivity contribution < 1.29 is 0 Å². The molecule has 0 N–H and O–H groups in total. The molecule has 0 atom stereocenters. The Bertz CT molecular complexity index is 709. The van der Waals surface area contributed by atoms with Gasteiger partial charge in [0.1, 0.15) is 12.2 Å². The zero-order chi connectivity index (χ0) is 13.2. The summed E-state index contributed by atoms with van der Waals surface area (Å²) in [7, 11) is 0. The minimum atomic E-state index is 0.329. The van der Waals surface area contributed by atoms with Gasteiger partial charge in [0.25, 0.3) is 0 Å². The zero-order valence-corrected chi connectivity index (χ0v) is 11.4. The van der Waals surface area contributed by atoms with Gasteiger partial charge < -0.3 is 4.57 Å². The van der Waals surface area contributed by atoms with Crippen LogP contribution in [0.5, 0.6) is 0 Å². The quantitative estimate of drug-likeness (QED) is 0.696. The minimum Gasteiger partial charge on any atom is -0.320 e. The van der Waals surface area contributed by atoms with Gasteiger partial charge in [0.05, 0.1) is 34.2 Å². The Morgan fingerprint density at radius 3 is 2.84 bits per heavy atom. The molecule has 96 valence electrons. The van der Waals surface area contributed by atoms with Crippen LogP contribution in [0.15, 0.2) is 36.8 Å². The highest BCUT2D eigenvalue weighted by molar-refractivity contribution is 6.35. The first-order valence-electron chi connectivity index (χ1n) is 5.74. The molecule has 2 aromatic heterocycles. The van der Waals surface area contributed by atoms with E-state index in [0.717, 1.165) is 22.6 Å². The van der Waals surface area contributed by atoms with Crippen LogP contribution in [0.2, 0.25) is 5.02 Å². The molecule has 0 bridgehead atoms. The second kappa shape index (κ2) is 5.15. The van der Waals surface area contributed by atoms with Gasteiger partial charge in [-0.2, -0.15) is 0 Å². The Morgan fingerprint density at radius 2 is 2.11 bits per heavy atom. The summed E-state index contributed by atoms with van der Waals surface area (Å²) in [6, 6.07) is 7.51. The fourth-order valence-corrected chi connectivity index (χ4v) is 2.51. The van der Waals surface area contributed by atoms with Gasteiger partial charge in [-0.3, -0.25) is 0 Å². The van der Waals surface area contributed by atoms with E-state index in [9.17, 15) is 0 Å². The predicted molar refractivity (Wildman–Crippen MR) is 75.4 cm³/mol. The van der Waals surface area contributed by atoms with Crippen molar-refractivity contribution in [2.45, 2.75) is 12.4 Å². The zero-order valence-electron chi connectivity index (χ0n) is 9.92. The van der Waals surface area contributed by atoms with E-state index in [1.807, 2.05) is 28.8 Å². The Balaban J connectivity index is 2.16. The van der Waals surface area contributed by atoms with E-state index < -0.39 is 0 Å². The molecule has 0 aliphatic heterocycles. The first-order chi connectivity index (χ1) is 9.29. The van der Waals surface area contributed by atoms with Crippen molar-refractivity contribution in [3.63, 3.8) is 0 Å². The molecule has 0 saturated carbocycles. The van der Waals surface area contributed by atoms with Gasteiger partial charge in [0.15, 0.2) is 0 Å².